The van der Waals surface area contributed by atoms with Crippen LogP contribution in [0.2, 0.25) is 0 Å². The number of benzene rings is 22. The van der Waals surface area contributed by atoms with Crippen molar-refractivity contribution in [3.8, 4) is 67.5 Å². The van der Waals surface area contributed by atoms with Crippen molar-refractivity contribution >= 4 is 174 Å². The van der Waals surface area contributed by atoms with Crippen LogP contribution in [0.25, 0.3) is 241 Å². The van der Waals surface area contributed by atoms with Crippen LogP contribution in [0.15, 0.2) is 485 Å². The van der Waals surface area contributed by atoms with Gasteiger partial charge >= 0.3 is 0 Å². The molecule has 0 unspecified atom stereocenters. The predicted octanol–water partition coefficient (Wildman–Crippen LogP) is 33.3. The zero-order valence-corrected chi connectivity index (χ0v) is 70.9. The molecule has 0 bridgehead atoms. The fraction of sp³-hybridized carbons (Fsp3) is 0. The molecule has 0 aliphatic carbocycles. The summed E-state index contributed by atoms with van der Waals surface area (Å²) in [6.07, 6.45) is 0. The van der Waals surface area contributed by atoms with E-state index in [4.69, 9.17) is 0 Å². The summed E-state index contributed by atoms with van der Waals surface area (Å²) < 4.78 is 14.6. The summed E-state index contributed by atoms with van der Waals surface area (Å²) in [7, 11) is 0. The molecule has 6 nitrogen and oxygen atoms in total. The van der Waals surface area contributed by atoms with Crippen LogP contribution in [-0.4, -0.2) is 27.4 Å². The lowest BCUT2D eigenvalue weighted by molar-refractivity contribution is 1.18. The molecule has 6 aromatic heterocycles. The van der Waals surface area contributed by atoms with Crippen molar-refractivity contribution in [2.45, 2.75) is 0 Å². The number of nitrogens with zero attached hydrogens (tertiary/aromatic N) is 6. The zero-order chi connectivity index (χ0) is 85.4. The van der Waals surface area contributed by atoms with E-state index in [0.29, 0.717) is 0 Å². The van der Waals surface area contributed by atoms with E-state index in [1.165, 1.54) is 241 Å². The number of para-hydroxylation sites is 11. The molecule has 0 N–H and O–H groups in total. The summed E-state index contributed by atoms with van der Waals surface area (Å²) >= 11 is 0. The third kappa shape index (κ3) is 11.7. The van der Waals surface area contributed by atoms with Gasteiger partial charge in [0.2, 0.25) is 0 Å². The highest BCUT2D eigenvalue weighted by atomic mass is 15.0. The first-order chi connectivity index (χ1) is 64.6. The Morgan fingerprint density at radius 1 is 0.108 bits per heavy atom. The van der Waals surface area contributed by atoms with Crippen LogP contribution < -0.4 is 0 Å². The second kappa shape index (κ2) is 30.2. The van der Waals surface area contributed by atoms with Gasteiger partial charge in [-0.15, -0.1) is 0 Å². The molecule has 0 saturated carbocycles. The Balaban J connectivity index is 0.000000103. The topological polar surface area (TPSA) is 29.6 Å². The first kappa shape index (κ1) is 74.1. The first-order valence-corrected chi connectivity index (χ1v) is 44.8. The van der Waals surface area contributed by atoms with Gasteiger partial charge in [0.05, 0.1) is 66.2 Å². The molecule has 28 aromatic rings. The number of hydrogen-bond acceptors (Lipinski definition) is 0. The van der Waals surface area contributed by atoms with Gasteiger partial charge in [0.15, 0.2) is 0 Å². The highest BCUT2D eigenvalue weighted by Crippen LogP contribution is 2.50. The average Bonchev–Trinajstić information content (AvgIpc) is 1.55. The van der Waals surface area contributed by atoms with Crippen LogP contribution in [0.1, 0.15) is 0 Å². The van der Waals surface area contributed by atoms with Gasteiger partial charge < -0.3 is 27.4 Å². The zero-order valence-electron chi connectivity index (χ0n) is 70.9. The van der Waals surface area contributed by atoms with Gasteiger partial charge in [0.1, 0.15) is 0 Å². The molecule has 0 radical (unpaired) electrons. The molecular formula is C124H80N6. The van der Waals surface area contributed by atoms with Gasteiger partial charge in [-0.3, -0.25) is 0 Å². The predicted molar refractivity (Wildman–Crippen MR) is 552 cm³/mol. The Morgan fingerprint density at radius 3 is 0.708 bits per heavy atom. The Morgan fingerprint density at radius 2 is 0.346 bits per heavy atom. The quantitative estimate of drug-likeness (QED) is 0.138. The van der Waals surface area contributed by atoms with E-state index >= 15 is 0 Å². The molecule has 0 aliphatic rings. The fourth-order valence-electron chi connectivity index (χ4n) is 21.5. The maximum atomic E-state index is 2.45. The van der Waals surface area contributed by atoms with E-state index in [1.54, 1.807) is 0 Å². The lowest BCUT2D eigenvalue weighted by atomic mass is 9.94. The van der Waals surface area contributed by atoms with Crippen molar-refractivity contribution in [2.24, 2.45) is 0 Å². The van der Waals surface area contributed by atoms with Crippen molar-refractivity contribution in [2.75, 3.05) is 0 Å². The lowest BCUT2D eigenvalue weighted by Gasteiger charge is -2.15. The number of fused-ring (bicyclic) bond motifs is 22. The van der Waals surface area contributed by atoms with Crippen LogP contribution >= 0.6 is 0 Å². The van der Waals surface area contributed by atoms with Gasteiger partial charge in [-0.2, -0.15) is 0 Å². The van der Waals surface area contributed by atoms with Crippen LogP contribution in [0.5, 0.6) is 0 Å². The first-order valence-electron chi connectivity index (χ1n) is 44.8. The summed E-state index contributed by atoms with van der Waals surface area (Å²) in [6.45, 7) is 0. The number of rotatable bonds is 9. The summed E-state index contributed by atoms with van der Waals surface area (Å²) in [5.74, 6) is 0. The lowest BCUT2D eigenvalue weighted by Crippen LogP contribution is -1.96. The second-order valence-electron chi connectivity index (χ2n) is 34.1. The van der Waals surface area contributed by atoms with Crippen molar-refractivity contribution < 1.29 is 0 Å². The molecule has 28 rings (SSSR count). The standard InChI is InChI=1S/C44H28N2.2C40H26N2/c1-2-15-33(16-3-1)46-41-21-11-9-19-37(41)39-27-31-14-6-7-17-35(31)43(44(39)46)32-23-25-42-38(28-32)36-18-8-10-20-40(36)45(42)34-24-22-29-12-4-5-13-30(29)26-34;1-3-14-29(15-4-1)41-36-21-11-9-19-32(36)34-26-28(23-24-38(34)41)39-31-18-8-7-13-27(31)25-35-33-20-10-12-22-37(33)42(40(35)39)30-16-5-2-6-17-30;1-3-14-29(15-4-1)41-36-21-11-9-19-32(36)34-24-23-28(26-38(34)41)39-31-18-8-7-13-27(31)25-35-33-20-10-12-22-37(33)42(40(35)39)30-16-5-2-6-17-30/h1-28H;2*1-26H. The summed E-state index contributed by atoms with van der Waals surface area (Å²) in [4.78, 5) is 0. The molecule has 6 heterocycles. The average molecular weight is 1650 g/mol. The van der Waals surface area contributed by atoms with Crippen molar-refractivity contribution in [3.05, 3.63) is 485 Å². The van der Waals surface area contributed by atoms with E-state index < -0.39 is 0 Å². The van der Waals surface area contributed by atoms with E-state index in [-0.39, 0.29) is 0 Å². The molecule has 606 valence electrons. The van der Waals surface area contributed by atoms with Crippen LogP contribution in [0.4, 0.5) is 0 Å². The van der Waals surface area contributed by atoms with E-state index in [2.05, 4.69) is 513 Å². The van der Waals surface area contributed by atoms with Crippen LogP contribution in [-0.2, 0) is 0 Å². The molecule has 0 saturated heterocycles. The second-order valence-corrected chi connectivity index (χ2v) is 34.1. The highest BCUT2D eigenvalue weighted by molar-refractivity contribution is 6.26. The smallest absolute Gasteiger partial charge is 0.0625 e. The minimum absolute atomic E-state index is 1.17. The monoisotopic (exact) mass is 1650 g/mol. The summed E-state index contributed by atoms with van der Waals surface area (Å²) in [6, 6.07) is 176. The normalized spacial score (nSPS) is 11.8. The highest BCUT2D eigenvalue weighted by Gasteiger charge is 2.27. The van der Waals surface area contributed by atoms with Gasteiger partial charge in [0, 0.05) is 115 Å². The third-order valence-electron chi connectivity index (χ3n) is 27.0. The van der Waals surface area contributed by atoms with Gasteiger partial charge in [-0.1, -0.05) is 328 Å². The van der Waals surface area contributed by atoms with Crippen molar-refractivity contribution in [1.29, 1.82) is 0 Å². The largest absolute Gasteiger partial charge is 0.309 e. The van der Waals surface area contributed by atoms with Gasteiger partial charge in [-0.25, -0.2) is 0 Å². The summed E-state index contributed by atoms with van der Waals surface area (Å²) in [5, 5.41) is 25.2. The molecule has 0 aliphatic heterocycles. The van der Waals surface area contributed by atoms with Crippen molar-refractivity contribution in [3.63, 3.8) is 0 Å². The number of hydrogen-bond donors (Lipinski definition) is 0. The third-order valence-corrected chi connectivity index (χ3v) is 27.0. The molecule has 0 atom stereocenters. The van der Waals surface area contributed by atoms with E-state index in [0.717, 1.165) is 0 Å². The maximum absolute atomic E-state index is 2.45. The van der Waals surface area contributed by atoms with Crippen molar-refractivity contribution in [1.82, 2.24) is 27.4 Å². The molecule has 0 fully saturated rings. The summed E-state index contributed by atoms with van der Waals surface area (Å²) in [5.41, 5.74) is 29.1. The number of aromatic nitrogens is 6. The minimum Gasteiger partial charge on any atom is -0.309 e. The Bertz CT molecular complexity index is 9410. The molecular weight excluding hydrogens is 1570 g/mol. The molecule has 0 spiro atoms. The molecule has 130 heavy (non-hydrogen) atoms. The fourth-order valence-corrected chi connectivity index (χ4v) is 21.5. The van der Waals surface area contributed by atoms with Crippen LogP contribution in [0.3, 0.4) is 0 Å². The Kier molecular flexibility index (Phi) is 17.2. The molecule has 22 aromatic carbocycles. The Hall–Kier alpha value is -17.3. The van der Waals surface area contributed by atoms with Crippen LogP contribution in [0, 0.1) is 0 Å². The Labute approximate surface area is 748 Å². The van der Waals surface area contributed by atoms with Gasteiger partial charge in [-0.05, 0) is 218 Å². The van der Waals surface area contributed by atoms with Gasteiger partial charge in [0.25, 0.3) is 0 Å². The molecule has 0 amide bonds. The van der Waals surface area contributed by atoms with E-state index in [9.17, 15) is 0 Å². The minimum atomic E-state index is 1.17. The SMILES string of the molecule is c1ccc(-n2c3ccccc3c3cc(-c4c5ccccc5cc5c6ccccc6n(-c6ccccc6)c45)ccc32)cc1.c1ccc(-n2c3ccccc3c3cc4ccccc4c(-c4ccc5c(c4)c4ccccc4n5-c4ccc5ccccc5c4)c32)cc1.c1ccc(-n2c3ccccc3c3ccc(-c4c5ccccc5cc5c6ccccc6n(-c6ccccc6)c45)cc32)cc1. The molecule has 6 heteroatoms. The van der Waals surface area contributed by atoms with E-state index in [1.807, 2.05) is 0 Å². The maximum Gasteiger partial charge on any atom is 0.0625 e.